The van der Waals surface area contributed by atoms with Crippen LogP contribution in [-0.4, -0.2) is 42.9 Å². The number of likely N-dealkylation sites (tertiary alicyclic amines) is 1. The number of hydrogen-bond donors (Lipinski definition) is 2. The molecule has 0 aliphatic carbocycles. The van der Waals surface area contributed by atoms with E-state index < -0.39 is 10.0 Å². The maximum atomic E-state index is 12.4. The van der Waals surface area contributed by atoms with Crippen LogP contribution in [0.5, 0.6) is 0 Å². The Balaban J connectivity index is 1.54. The lowest BCUT2D eigenvalue weighted by Crippen LogP contribution is -2.40. The first kappa shape index (κ1) is 17.1. The number of nitrogens with one attached hydrogen (secondary N) is 2. The van der Waals surface area contributed by atoms with Gasteiger partial charge in [0.15, 0.2) is 0 Å². The lowest BCUT2D eigenvalue weighted by atomic mass is 9.98. The zero-order chi connectivity index (χ0) is 17.0. The van der Waals surface area contributed by atoms with E-state index in [1.54, 1.807) is 18.5 Å². The first-order chi connectivity index (χ1) is 11.5. The van der Waals surface area contributed by atoms with E-state index in [1.807, 2.05) is 25.3 Å². The Morgan fingerprint density at radius 2 is 2.12 bits per heavy atom. The largest absolute Gasteiger partial charge is 0.347 e. The fraction of sp³-hybridized carbons (Fsp3) is 0.471. The molecule has 6 nitrogen and oxygen atoms in total. The summed E-state index contributed by atoms with van der Waals surface area (Å²) in [5, 5.41) is 0. The number of rotatable bonds is 6. The van der Waals surface area contributed by atoms with Gasteiger partial charge in [0.25, 0.3) is 0 Å². The van der Waals surface area contributed by atoms with Gasteiger partial charge in [-0.25, -0.2) is 18.1 Å². The van der Waals surface area contributed by atoms with Crippen LogP contribution in [0.25, 0.3) is 0 Å². The summed E-state index contributed by atoms with van der Waals surface area (Å²) in [6.07, 6.45) is 5.66. The standard InChI is InChI=1S/C17H24N4O2S/c1-14-4-6-17(7-5-14)24(22,23)20-9-15-3-2-8-21(11-15)12-16-10-18-13-19-16/h4-7,10,13,15,20H,2-3,8-9,11-12H2,1H3,(H,18,19). The third-order valence-corrected chi connectivity index (χ3v) is 5.88. The van der Waals surface area contributed by atoms with E-state index in [2.05, 4.69) is 19.6 Å². The van der Waals surface area contributed by atoms with Gasteiger partial charge in [0, 0.05) is 31.5 Å². The van der Waals surface area contributed by atoms with E-state index >= 15 is 0 Å². The summed E-state index contributed by atoms with van der Waals surface area (Å²) in [6, 6.07) is 6.95. The Bertz CT molecular complexity index is 741. The summed E-state index contributed by atoms with van der Waals surface area (Å²) in [6.45, 7) is 5.20. The van der Waals surface area contributed by atoms with Gasteiger partial charge < -0.3 is 4.98 Å². The summed E-state index contributed by atoms with van der Waals surface area (Å²) in [4.78, 5) is 9.84. The van der Waals surface area contributed by atoms with E-state index in [0.717, 1.165) is 43.7 Å². The van der Waals surface area contributed by atoms with Crippen LogP contribution in [0.2, 0.25) is 0 Å². The molecule has 7 heteroatoms. The molecule has 1 saturated heterocycles. The number of benzene rings is 1. The summed E-state index contributed by atoms with van der Waals surface area (Å²) < 4.78 is 27.5. The molecule has 1 unspecified atom stereocenters. The predicted molar refractivity (Wildman–Crippen MR) is 93.0 cm³/mol. The first-order valence-corrected chi connectivity index (χ1v) is 9.77. The molecule has 0 saturated carbocycles. The molecule has 24 heavy (non-hydrogen) atoms. The van der Waals surface area contributed by atoms with Crippen molar-refractivity contribution in [2.24, 2.45) is 5.92 Å². The number of imidazole rings is 1. The molecule has 1 fully saturated rings. The van der Waals surface area contributed by atoms with Crippen LogP contribution in [0.4, 0.5) is 0 Å². The molecule has 3 rings (SSSR count). The number of aromatic amines is 1. The van der Waals surface area contributed by atoms with Gasteiger partial charge in [-0.2, -0.15) is 0 Å². The van der Waals surface area contributed by atoms with Crippen LogP contribution in [0.1, 0.15) is 24.1 Å². The Morgan fingerprint density at radius 3 is 2.83 bits per heavy atom. The molecule has 1 aliphatic rings. The summed E-state index contributed by atoms with van der Waals surface area (Å²) in [5.41, 5.74) is 2.14. The van der Waals surface area contributed by atoms with E-state index in [1.165, 1.54) is 0 Å². The third kappa shape index (κ3) is 4.43. The molecule has 0 bridgehead atoms. The molecule has 0 amide bonds. The van der Waals surface area contributed by atoms with Crippen molar-refractivity contribution in [2.75, 3.05) is 19.6 Å². The van der Waals surface area contributed by atoms with Crippen LogP contribution in [-0.2, 0) is 16.6 Å². The van der Waals surface area contributed by atoms with E-state index in [4.69, 9.17) is 0 Å². The maximum absolute atomic E-state index is 12.4. The minimum Gasteiger partial charge on any atom is -0.347 e. The maximum Gasteiger partial charge on any atom is 0.240 e. The van der Waals surface area contributed by atoms with Crippen LogP contribution >= 0.6 is 0 Å². The number of sulfonamides is 1. The highest BCUT2D eigenvalue weighted by molar-refractivity contribution is 7.89. The van der Waals surface area contributed by atoms with Crippen LogP contribution in [0, 0.1) is 12.8 Å². The summed E-state index contributed by atoms with van der Waals surface area (Å²) in [7, 11) is -3.43. The van der Waals surface area contributed by atoms with Gasteiger partial charge >= 0.3 is 0 Å². The number of hydrogen-bond acceptors (Lipinski definition) is 4. The van der Waals surface area contributed by atoms with Gasteiger partial charge in [-0.05, 0) is 44.4 Å². The van der Waals surface area contributed by atoms with E-state index in [0.29, 0.717) is 17.4 Å². The van der Waals surface area contributed by atoms with Gasteiger partial charge in [0.2, 0.25) is 10.0 Å². The summed E-state index contributed by atoms with van der Waals surface area (Å²) in [5.74, 6) is 0.335. The number of aryl methyl sites for hydroxylation is 1. The van der Waals surface area contributed by atoms with Crippen molar-refractivity contribution in [2.45, 2.75) is 31.2 Å². The highest BCUT2D eigenvalue weighted by Gasteiger charge is 2.22. The fourth-order valence-corrected chi connectivity index (χ4v) is 4.22. The van der Waals surface area contributed by atoms with Crippen LogP contribution in [0.3, 0.4) is 0 Å². The topological polar surface area (TPSA) is 78.1 Å². The number of aromatic nitrogens is 2. The average molecular weight is 348 g/mol. The zero-order valence-electron chi connectivity index (χ0n) is 13.9. The Labute approximate surface area is 143 Å². The minimum absolute atomic E-state index is 0.332. The normalized spacial score (nSPS) is 19.5. The first-order valence-electron chi connectivity index (χ1n) is 8.29. The predicted octanol–water partition coefficient (Wildman–Crippen LogP) is 1.91. The monoisotopic (exact) mass is 348 g/mol. The Kier molecular flexibility index (Phi) is 5.33. The zero-order valence-corrected chi connectivity index (χ0v) is 14.7. The van der Waals surface area contributed by atoms with Crippen molar-refractivity contribution in [3.63, 3.8) is 0 Å². The van der Waals surface area contributed by atoms with Crippen molar-refractivity contribution in [1.29, 1.82) is 0 Å². The molecule has 0 radical (unpaired) electrons. The molecule has 0 spiro atoms. The summed E-state index contributed by atoms with van der Waals surface area (Å²) >= 11 is 0. The molecule has 1 atom stereocenters. The number of piperidine rings is 1. The highest BCUT2D eigenvalue weighted by atomic mass is 32.2. The van der Waals surface area contributed by atoms with Crippen LogP contribution in [0.15, 0.2) is 41.7 Å². The number of H-pyrrole nitrogens is 1. The minimum atomic E-state index is -3.43. The molecule has 130 valence electrons. The van der Waals surface area contributed by atoms with Gasteiger partial charge in [-0.3, -0.25) is 4.90 Å². The van der Waals surface area contributed by atoms with Gasteiger partial charge in [0.1, 0.15) is 0 Å². The molecule has 2 N–H and O–H groups in total. The van der Waals surface area contributed by atoms with Crippen molar-refractivity contribution >= 4 is 10.0 Å². The second-order valence-corrected chi connectivity index (χ2v) is 8.25. The second kappa shape index (κ2) is 7.46. The molecular weight excluding hydrogens is 324 g/mol. The van der Waals surface area contributed by atoms with E-state index in [9.17, 15) is 8.42 Å². The lowest BCUT2D eigenvalue weighted by Gasteiger charge is -2.32. The Morgan fingerprint density at radius 1 is 1.33 bits per heavy atom. The Hall–Kier alpha value is -1.70. The van der Waals surface area contributed by atoms with E-state index in [-0.39, 0.29) is 0 Å². The quantitative estimate of drug-likeness (QED) is 0.836. The van der Waals surface area contributed by atoms with Crippen LogP contribution < -0.4 is 4.72 Å². The van der Waals surface area contributed by atoms with Crippen molar-refractivity contribution in [3.05, 3.63) is 48.0 Å². The van der Waals surface area contributed by atoms with Crippen molar-refractivity contribution in [3.8, 4) is 0 Å². The highest BCUT2D eigenvalue weighted by Crippen LogP contribution is 2.18. The van der Waals surface area contributed by atoms with Gasteiger partial charge in [0.05, 0.1) is 11.2 Å². The third-order valence-electron chi connectivity index (χ3n) is 4.45. The van der Waals surface area contributed by atoms with Gasteiger partial charge in [-0.1, -0.05) is 17.7 Å². The van der Waals surface area contributed by atoms with Crippen molar-refractivity contribution < 1.29 is 8.42 Å². The molecule has 2 aromatic rings. The second-order valence-electron chi connectivity index (χ2n) is 6.49. The van der Waals surface area contributed by atoms with Crippen molar-refractivity contribution in [1.82, 2.24) is 19.6 Å². The molecule has 1 aliphatic heterocycles. The number of nitrogens with zero attached hydrogens (tertiary/aromatic N) is 2. The fourth-order valence-electron chi connectivity index (χ4n) is 3.10. The lowest BCUT2D eigenvalue weighted by molar-refractivity contribution is 0.167. The molecule has 1 aromatic heterocycles. The molecule has 1 aromatic carbocycles. The molecule has 2 heterocycles. The SMILES string of the molecule is Cc1ccc(S(=O)(=O)NCC2CCCN(Cc3cnc[nH]3)C2)cc1. The molecular formula is C17H24N4O2S. The average Bonchev–Trinajstić information content (AvgIpc) is 3.07. The smallest absolute Gasteiger partial charge is 0.240 e. The van der Waals surface area contributed by atoms with Gasteiger partial charge in [-0.15, -0.1) is 0 Å².